The van der Waals surface area contributed by atoms with Crippen molar-refractivity contribution in [1.82, 2.24) is 10.1 Å². The highest BCUT2D eigenvalue weighted by Crippen LogP contribution is 2.36. The van der Waals surface area contributed by atoms with E-state index in [0.29, 0.717) is 22.6 Å². The van der Waals surface area contributed by atoms with Crippen LogP contribution in [0, 0.1) is 5.82 Å². The van der Waals surface area contributed by atoms with E-state index in [2.05, 4.69) is 10.1 Å². The second-order valence-electron chi connectivity index (χ2n) is 3.97. The minimum absolute atomic E-state index is 0.144. The Morgan fingerprint density at radius 3 is 2.58 bits per heavy atom. The highest BCUT2D eigenvalue weighted by molar-refractivity contribution is 5.85. The number of benzene rings is 1. The van der Waals surface area contributed by atoms with E-state index in [4.69, 9.17) is 10.3 Å². The number of anilines is 1. The van der Waals surface area contributed by atoms with Gasteiger partial charge in [0.05, 0.1) is 5.56 Å². The van der Waals surface area contributed by atoms with Crippen LogP contribution in [0.2, 0.25) is 0 Å². The van der Waals surface area contributed by atoms with Gasteiger partial charge >= 0.3 is 0 Å². The van der Waals surface area contributed by atoms with Crippen LogP contribution in [0.1, 0.15) is 0 Å². The maximum Gasteiger partial charge on any atom is 0.195 e. The van der Waals surface area contributed by atoms with Crippen molar-refractivity contribution in [2.24, 2.45) is 0 Å². The number of pyridine rings is 1. The molecule has 0 amide bonds. The summed E-state index contributed by atoms with van der Waals surface area (Å²) in [6, 6.07) is 11.7. The van der Waals surface area contributed by atoms with E-state index < -0.39 is 0 Å². The third kappa shape index (κ3) is 1.95. The van der Waals surface area contributed by atoms with Gasteiger partial charge in [-0.05, 0) is 18.2 Å². The van der Waals surface area contributed by atoms with Gasteiger partial charge in [-0.1, -0.05) is 29.4 Å². The molecule has 2 aromatic heterocycles. The summed E-state index contributed by atoms with van der Waals surface area (Å²) >= 11 is 0. The second-order valence-corrected chi connectivity index (χ2v) is 3.97. The highest BCUT2D eigenvalue weighted by Gasteiger charge is 2.20. The van der Waals surface area contributed by atoms with Gasteiger partial charge in [-0.2, -0.15) is 0 Å². The molecular weight excluding hydrogens is 245 g/mol. The molecule has 0 aliphatic carbocycles. The van der Waals surface area contributed by atoms with E-state index in [-0.39, 0.29) is 11.6 Å². The molecule has 0 radical (unpaired) electrons. The summed E-state index contributed by atoms with van der Waals surface area (Å²) in [5, 5.41) is 3.71. The zero-order chi connectivity index (χ0) is 13.2. The van der Waals surface area contributed by atoms with Crippen LogP contribution in [-0.2, 0) is 0 Å². The van der Waals surface area contributed by atoms with Crippen LogP contribution in [0.4, 0.5) is 10.2 Å². The molecule has 1 aromatic carbocycles. The Balaban J connectivity index is 2.23. The molecule has 0 atom stereocenters. The summed E-state index contributed by atoms with van der Waals surface area (Å²) in [5.41, 5.74) is 7.12. The largest absolute Gasteiger partial charge is 0.380 e. The summed E-state index contributed by atoms with van der Waals surface area (Å²) in [6.07, 6.45) is 1.62. The molecule has 4 nitrogen and oxygen atoms in total. The van der Waals surface area contributed by atoms with Crippen LogP contribution >= 0.6 is 0 Å². The van der Waals surface area contributed by atoms with Gasteiger partial charge in [-0.25, -0.2) is 4.39 Å². The molecule has 0 fully saturated rings. The van der Waals surface area contributed by atoms with E-state index in [1.807, 2.05) is 6.07 Å². The van der Waals surface area contributed by atoms with Gasteiger partial charge in [0.15, 0.2) is 11.6 Å². The fourth-order valence-electron chi connectivity index (χ4n) is 1.90. The van der Waals surface area contributed by atoms with Gasteiger partial charge in [0, 0.05) is 11.8 Å². The quantitative estimate of drug-likeness (QED) is 0.764. The Bertz CT molecular complexity index is 710. The fourth-order valence-corrected chi connectivity index (χ4v) is 1.90. The highest BCUT2D eigenvalue weighted by atomic mass is 19.1. The molecular formula is C14H10FN3O. The van der Waals surface area contributed by atoms with E-state index >= 15 is 0 Å². The van der Waals surface area contributed by atoms with Crippen LogP contribution < -0.4 is 5.73 Å². The number of nitrogen functional groups attached to an aromatic ring is 1. The summed E-state index contributed by atoms with van der Waals surface area (Å²) in [4.78, 5) is 4.17. The molecule has 5 heteroatoms. The zero-order valence-electron chi connectivity index (χ0n) is 9.88. The predicted octanol–water partition coefficient (Wildman–Crippen LogP) is 3.12. The molecule has 94 valence electrons. The minimum atomic E-state index is -0.380. The molecule has 0 saturated carbocycles. The SMILES string of the molecule is Nc1noc(-c2ccccn2)c1-c1ccccc1F. The molecule has 2 N–H and O–H groups in total. The molecule has 0 aliphatic heterocycles. The number of rotatable bonds is 2. The van der Waals surface area contributed by atoms with Crippen LogP contribution in [0.5, 0.6) is 0 Å². The van der Waals surface area contributed by atoms with Gasteiger partial charge in [0.25, 0.3) is 0 Å². The standard InChI is InChI=1S/C14H10FN3O/c15-10-6-2-1-5-9(10)12-13(19-18-14(12)16)11-7-3-4-8-17-11/h1-8H,(H2,16,18). The van der Waals surface area contributed by atoms with Crippen molar-refractivity contribution < 1.29 is 8.91 Å². The maximum absolute atomic E-state index is 13.9. The van der Waals surface area contributed by atoms with Gasteiger partial charge in [-0.3, -0.25) is 4.98 Å². The average molecular weight is 255 g/mol. The van der Waals surface area contributed by atoms with Crippen molar-refractivity contribution in [3.05, 3.63) is 54.5 Å². The Hall–Kier alpha value is -2.69. The van der Waals surface area contributed by atoms with E-state index in [1.54, 1.807) is 36.5 Å². The maximum atomic E-state index is 13.9. The average Bonchev–Trinajstić information content (AvgIpc) is 2.82. The third-order valence-electron chi connectivity index (χ3n) is 2.76. The molecule has 3 rings (SSSR count). The lowest BCUT2D eigenvalue weighted by molar-refractivity contribution is 0.435. The summed E-state index contributed by atoms with van der Waals surface area (Å²) in [5.74, 6) is 0.128. The lowest BCUT2D eigenvalue weighted by atomic mass is 10.0. The molecule has 0 bridgehead atoms. The van der Waals surface area contributed by atoms with Crippen molar-refractivity contribution >= 4 is 5.82 Å². The normalized spacial score (nSPS) is 10.6. The van der Waals surface area contributed by atoms with Crippen molar-refractivity contribution in [2.45, 2.75) is 0 Å². The predicted molar refractivity (Wildman–Crippen MR) is 69.5 cm³/mol. The topological polar surface area (TPSA) is 64.9 Å². The first kappa shape index (κ1) is 11.4. The number of halogens is 1. The van der Waals surface area contributed by atoms with E-state index in [0.717, 1.165) is 0 Å². The number of hydrogen-bond donors (Lipinski definition) is 1. The molecule has 0 aliphatic rings. The van der Waals surface area contributed by atoms with Gasteiger partial charge in [0.2, 0.25) is 0 Å². The summed E-state index contributed by atoms with van der Waals surface area (Å²) < 4.78 is 19.1. The van der Waals surface area contributed by atoms with E-state index in [1.165, 1.54) is 6.07 Å². The molecule has 3 aromatic rings. The molecule has 0 spiro atoms. The third-order valence-corrected chi connectivity index (χ3v) is 2.76. The number of nitrogens with two attached hydrogens (primary N) is 1. The Kier molecular flexibility index (Phi) is 2.72. The Morgan fingerprint density at radius 1 is 1.05 bits per heavy atom. The minimum Gasteiger partial charge on any atom is -0.380 e. The first-order chi connectivity index (χ1) is 9.27. The van der Waals surface area contributed by atoms with Crippen molar-refractivity contribution in [3.63, 3.8) is 0 Å². The van der Waals surface area contributed by atoms with Crippen LogP contribution in [-0.4, -0.2) is 10.1 Å². The van der Waals surface area contributed by atoms with Crippen LogP contribution in [0.15, 0.2) is 53.2 Å². The zero-order valence-corrected chi connectivity index (χ0v) is 9.88. The first-order valence-corrected chi connectivity index (χ1v) is 5.69. The lowest BCUT2D eigenvalue weighted by Crippen LogP contribution is -1.92. The van der Waals surface area contributed by atoms with Crippen molar-refractivity contribution in [1.29, 1.82) is 0 Å². The van der Waals surface area contributed by atoms with Gasteiger partial charge < -0.3 is 10.3 Å². The van der Waals surface area contributed by atoms with Gasteiger partial charge in [-0.15, -0.1) is 0 Å². The molecule has 2 heterocycles. The smallest absolute Gasteiger partial charge is 0.195 e. The molecule has 0 unspecified atom stereocenters. The van der Waals surface area contributed by atoms with E-state index in [9.17, 15) is 4.39 Å². The van der Waals surface area contributed by atoms with Crippen molar-refractivity contribution in [3.8, 4) is 22.6 Å². The first-order valence-electron chi connectivity index (χ1n) is 5.69. The Labute approximate surface area is 108 Å². The number of nitrogens with zero attached hydrogens (tertiary/aromatic N) is 2. The van der Waals surface area contributed by atoms with Crippen LogP contribution in [0.25, 0.3) is 22.6 Å². The summed E-state index contributed by atoms with van der Waals surface area (Å²) in [7, 11) is 0. The number of aromatic nitrogens is 2. The fraction of sp³-hybridized carbons (Fsp3) is 0. The summed E-state index contributed by atoms with van der Waals surface area (Å²) in [6.45, 7) is 0. The molecule has 19 heavy (non-hydrogen) atoms. The number of hydrogen-bond acceptors (Lipinski definition) is 4. The lowest BCUT2D eigenvalue weighted by Gasteiger charge is -2.03. The molecule has 0 saturated heterocycles. The van der Waals surface area contributed by atoms with Crippen molar-refractivity contribution in [2.75, 3.05) is 5.73 Å². The second kappa shape index (κ2) is 4.53. The monoisotopic (exact) mass is 255 g/mol. The Morgan fingerprint density at radius 2 is 1.84 bits per heavy atom. The van der Waals surface area contributed by atoms with Gasteiger partial charge in [0.1, 0.15) is 11.5 Å². The van der Waals surface area contributed by atoms with Crippen LogP contribution in [0.3, 0.4) is 0 Å².